The smallest absolute Gasteiger partial charge is 0.311 e. The van der Waals surface area contributed by atoms with Crippen molar-refractivity contribution in [1.82, 2.24) is 10.6 Å². The molecule has 0 bridgehead atoms. The van der Waals surface area contributed by atoms with Crippen molar-refractivity contribution in [3.63, 3.8) is 0 Å². The number of carbonyl (C=O) groups excluding carboxylic acids is 13. The van der Waals surface area contributed by atoms with Crippen molar-refractivity contribution in [2.75, 3.05) is 145 Å². The summed E-state index contributed by atoms with van der Waals surface area (Å²) in [5.74, 6) is 1.49. The second kappa shape index (κ2) is 70.2. The number of nitrogens with one attached hydrogen (secondary N) is 2. The van der Waals surface area contributed by atoms with Gasteiger partial charge in [-0.1, -0.05) is 288 Å². The van der Waals surface area contributed by atoms with Crippen LogP contribution in [-0.2, 0) is 114 Å². The highest BCUT2D eigenvalue weighted by Crippen LogP contribution is 2.27. The Hall–Kier alpha value is -5.55. The molecule has 0 aromatic rings. The van der Waals surface area contributed by atoms with E-state index in [-0.39, 0.29) is 169 Å². The molecule has 0 saturated carbocycles. The van der Waals surface area contributed by atoms with Crippen LogP contribution in [0.5, 0.6) is 0 Å². The topological polar surface area (TPSA) is 347 Å². The minimum atomic E-state index is -0.398. The first-order chi connectivity index (χ1) is 60.3. The molecule has 798 valence electrons. The van der Waals surface area contributed by atoms with Crippen molar-refractivity contribution in [3.05, 3.63) is 11.6 Å². The maximum Gasteiger partial charge on any atom is 0.311 e. The van der Waals surface area contributed by atoms with E-state index in [1.165, 1.54) is 0 Å². The summed E-state index contributed by atoms with van der Waals surface area (Å²) >= 11 is 0. The number of hydrogen-bond acceptors (Lipinski definition) is 24. The summed E-state index contributed by atoms with van der Waals surface area (Å²) in [6, 6.07) is 0. The van der Waals surface area contributed by atoms with Gasteiger partial charge in [-0.25, -0.2) is 0 Å². The molecule has 0 saturated heterocycles. The largest absolute Gasteiger partial charge is 0.460 e. The molecule has 0 atom stereocenters. The first-order valence-corrected chi connectivity index (χ1v) is 48.9. The molecule has 0 radical (unpaired) electrons. The van der Waals surface area contributed by atoms with Gasteiger partial charge in [-0.2, -0.15) is 0 Å². The number of esters is 1. The van der Waals surface area contributed by atoms with Crippen molar-refractivity contribution >= 4 is 75.6 Å². The Kier molecular flexibility index (Phi) is 75.3. The summed E-state index contributed by atoms with van der Waals surface area (Å²) in [6.07, 6.45) is 9.86. The lowest BCUT2D eigenvalue weighted by molar-refractivity contribution is -0.164. The predicted molar refractivity (Wildman–Crippen MR) is 548 cm³/mol. The zero-order valence-electron chi connectivity index (χ0n) is 95.5. The highest BCUT2D eigenvalue weighted by molar-refractivity contribution is 5.94. The monoisotopic (exact) mass is 1930 g/mol. The van der Waals surface area contributed by atoms with E-state index >= 15 is 0 Å². The average molecular weight is 1930 g/mol. The molecular formula is C109H208N2O24. The molecule has 0 fully saturated rings. The molecule has 0 aliphatic rings. The van der Waals surface area contributed by atoms with Gasteiger partial charge in [0.15, 0.2) is 40.5 Å². The van der Waals surface area contributed by atoms with Crippen molar-refractivity contribution in [2.24, 2.45) is 75.8 Å². The van der Waals surface area contributed by atoms with Gasteiger partial charge in [-0.05, 0) is 98.0 Å². The molecule has 26 heteroatoms. The van der Waals surface area contributed by atoms with Gasteiger partial charge < -0.3 is 62.7 Å². The third-order valence-corrected chi connectivity index (χ3v) is 18.7. The van der Waals surface area contributed by atoms with Gasteiger partial charge in [0.1, 0.15) is 62.6 Å². The summed E-state index contributed by atoms with van der Waals surface area (Å²) in [6.45, 7) is 98.5. The third kappa shape index (κ3) is 101. The normalized spacial score (nSPS) is 12.4. The summed E-state index contributed by atoms with van der Waals surface area (Å²) in [7, 11) is 0. The van der Waals surface area contributed by atoms with Crippen molar-refractivity contribution < 1.29 is 114 Å². The highest BCUT2D eigenvalue weighted by Gasteiger charge is 2.31. The van der Waals surface area contributed by atoms with Crippen LogP contribution in [0.4, 0.5) is 0 Å². The fourth-order valence-electron chi connectivity index (χ4n) is 8.28. The Morgan fingerprint density at radius 3 is 0.711 bits per heavy atom. The molecule has 26 nitrogen and oxygen atoms in total. The van der Waals surface area contributed by atoms with Crippen LogP contribution >= 0.6 is 0 Å². The summed E-state index contributed by atoms with van der Waals surface area (Å²) in [4.78, 5) is 150. The van der Waals surface area contributed by atoms with Crippen LogP contribution in [0.1, 0.15) is 390 Å². The van der Waals surface area contributed by atoms with Gasteiger partial charge in [0.2, 0.25) is 11.8 Å². The first kappa shape index (κ1) is 145. The number of rotatable bonds is 48. The molecule has 0 heterocycles. The molecule has 0 aromatic heterocycles. The minimum absolute atomic E-state index is 0.00680. The zero-order chi connectivity index (χ0) is 108. The molecule has 0 spiro atoms. The Morgan fingerprint density at radius 2 is 0.474 bits per heavy atom. The lowest BCUT2D eigenvalue weighted by Crippen LogP contribution is -2.36. The summed E-state index contributed by atoms with van der Waals surface area (Å²) < 4.78 is 58.3. The Balaban J connectivity index is -0.000000231. The number of hydrogen-bond donors (Lipinski definition) is 2. The SMILES string of the molecule is CC(C)(C)C(=O)CCCCCCC(=O)C(C)(C)C.CC(C)(C)C(=O)CCCOCCOCCOCC(=O)C(C)(C)C.CC(C)(C)C(=O)COCC(=O)C(C)(C)C.CC(C)(C)C(=O)COCCOCCOCCOCCNC(=O)C(C)(C)C.CC(C)(C)CC(=O)NCCOCC(=O)C(C)(C)C.CC(C)(C)CCOCC(=O)C(C)(C)C.CC(C)(C)OC(=O)C(C)(C)C.CC(C)=CC(=O)C(C)(C)C. The van der Waals surface area contributed by atoms with Gasteiger partial charge in [-0.15, -0.1) is 0 Å². The van der Waals surface area contributed by atoms with Gasteiger partial charge in [-0.3, -0.25) is 62.3 Å². The fraction of sp³-hybridized carbons (Fsp3) is 0.862. The second-order valence-electron chi connectivity index (χ2n) is 50.3. The van der Waals surface area contributed by atoms with Crippen LogP contribution in [-0.4, -0.2) is 226 Å². The molecule has 0 rings (SSSR count). The number of ketones is 10. The lowest BCUT2D eigenvalue weighted by atomic mass is 9.86. The van der Waals surface area contributed by atoms with Crippen LogP contribution in [0.3, 0.4) is 0 Å². The molecule has 0 aliphatic heterocycles. The van der Waals surface area contributed by atoms with Crippen LogP contribution < -0.4 is 10.6 Å². The number of ether oxygens (including phenoxy) is 11. The molecule has 135 heavy (non-hydrogen) atoms. The van der Waals surface area contributed by atoms with Gasteiger partial charge in [0.25, 0.3) is 0 Å². The van der Waals surface area contributed by atoms with E-state index in [1.54, 1.807) is 6.08 Å². The molecule has 2 N–H and O–H groups in total. The number of allylic oxidation sites excluding steroid dienone is 2. The highest BCUT2D eigenvalue weighted by atomic mass is 16.6. The Labute approximate surface area is 824 Å². The van der Waals surface area contributed by atoms with Crippen LogP contribution in [0.15, 0.2) is 11.6 Å². The minimum Gasteiger partial charge on any atom is -0.460 e. The summed E-state index contributed by atoms with van der Waals surface area (Å²) in [5, 5.41) is 5.59. The summed E-state index contributed by atoms with van der Waals surface area (Å²) in [5.41, 5.74) is -2.87. The van der Waals surface area contributed by atoms with Gasteiger partial charge in [0, 0.05) is 112 Å². The number of amides is 2. The number of carbonyl (C=O) groups is 13. The molecule has 0 aromatic carbocycles. The van der Waals surface area contributed by atoms with E-state index in [2.05, 4.69) is 31.4 Å². The maximum absolute atomic E-state index is 11.7. The lowest BCUT2D eigenvalue weighted by Gasteiger charge is -2.25. The first-order valence-electron chi connectivity index (χ1n) is 48.9. The average Bonchev–Trinajstić information content (AvgIpc) is 0.877. The number of Topliss-reactive ketones (excluding diaryl/α,β-unsaturated/α-hetero) is 9. The van der Waals surface area contributed by atoms with E-state index < -0.39 is 16.2 Å². The molecular weight excluding hydrogens is 1720 g/mol. The third-order valence-electron chi connectivity index (χ3n) is 18.7. The fourth-order valence-corrected chi connectivity index (χ4v) is 8.28. The Bertz CT molecular complexity index is 3220. The number of unbranched alkanes of at least 4 members (excludes halogenated alkanes) is 3. The maximum atomic E-state index is 11.7. The second-order valence-corrected chi connectivity index (χ2v) is 50.3. The van der Waals surface area contributed by atoms with Crippen molar-refractivity contribution in [2.45, 2.75) is 395 Å². The standard InChI is InChI=1S/C19H37NO6.C18H34O5.C16H30O2.C14H27NO3.C12H22O3.C12H24O2.C9H18O2.C9H16O/c1-18(2,3)16(21)15-26-14-13-25-12-11-24-10-9-23-8-7-20-17(22)19(4,5)6;1-17(2,3)15(19)8-7-9-21-10-11-22-12-13-23-14-16(20)18(4,5)6;1-15(2,3)13(17)11-9-7-8-10-12-14(18)16(4,5)6;1-13(2,3)9-12(17)15-7-8-18-10-11(16)14(4,5)6;1-11(2,3)9(13)7-15-8-10(14)12(4,5)6;1-11(2,3)7-8-14-9-10(13)12(4,5)6;1-8(2,3)7(10)11-9(4,5)6;1-7(2)6-8(10)9(3,4)5/h7-15H2,1-6H3,(H,20,22);7-14H2,1-6H3;7-12H2,1-6H3;7-10H2,1-6H3,(H,15,17);7-8H2,1-6H3;7-9H2,1-6H3;1-6H3;6H,1-5H3. The van der Waals surface area contributed by atoms with E-state index in [4.69, 9.17) is 52.1 Å². The van der Waals surface area contributed by atoms with Crippen molar-refractivity contribution in [1.29, 1.82) is 0 Å². The van der Waals surface area contributed by atoms with Crippen LogP contribution in [0.25, 0.3) is 0 Å². The quantitative estimate of drug-likeness (QED) is 0.0325. The molecule has 2 amide bonds. The molecule has 0 aliphatic carbocycles. The van der Waals surface area contributed by atoms with E-state index in [0.29, 0.717) is 143 Å². The molecule has 0 unspecified atom stereocenters. The van der Waals surface area contributed by atoms with E-state index in [0.717, 1.165) is 44.1 Å². The van der Waals surface area contributed by atoms with Gasteiger partial charge in [0.05, 0.1) is 84.7 Å². The van der Waals surface area contributed by atoms with Crippen molar-refractivity contribution in [3.8, 4) is 0 Å². The van der Waals surface area contributed by atoms with E-state index in [9.17, 15) is 62.3 Å². The Morgan fingerprint density at radius 1 is 0.230 bits per heavy atom. The predicted octanol–water partition coefficient (Wildman–Crippen LogP) is 21.8. The van der Waals surface area contributed by atoms with E-state index in [1.807, 2.05) is 305 Å². The van der Waals surface area contributed by atoms with Crippen LogP contribution in [0, 0.1) is 75.8 Å². The van der Waals surface area contributed by atoms with Gasteiger partial charge >= 0.3 is 5.97 Å². The van der Waals surface area contributed by atoms with Crippen LogP contribution in [0.2, 0.25) is 0 Å². The zero-order valence-corrected chi connectivity index (χ0v) is 95.5.